The van der Waals surface area contributed by atoms with E-state index in [4.69, 9.17) is 9.47 Å². The van der Waals surface area contributed by atoms with Crippen molar-refractivity contribution in [2.24, 2.45) is 0 Å². The second-order valence-corrected chi connectivity index (χ2v) is 3.37. The monoisotopic (exact) mass is 217 g/mol. The fourth-order valence-corrected chi connectivity index (χ4v) is 1.26. The van der Waals surface area contributed by atoms with E-state index in [1.54, 1.807) is 6.92 Å². The van der Waals surface area contributed by atoms with Crippen molar-refractivity contribution in [1.82, 2.24) is 4.90 Å². The van der Waals surface area contributed by atoms with Gasteiger partial charge in [0.25, 0.3) is 0 Å². The van der Waals surface area contributed by atoms with Crippen LogP contribution in [-0.4, -0.2) is 56.7 Å². The summed E-state index contributed by atoms with van der Waals surface area (Å²) in [6.45, 7) is 10.4. The Morgan fingerprint density at radius 1 is 1.07 bits per heavy atom. The first-order valence-corrected chi connectivity index (χ1v) is 5.58. The summed E-state index contributed by atoms with van der Waals surface area (Å²) in [6.07, 6.45) is 0. The molecule has 0 atom stereocenters. The summed E-state index contributed by atoms with van der Waals surface area (Å²) in [5.74, 6) is 0.183. The van der Waals surface area contributed by atoms with Crippen molar-refractivity contribution in [2.45, 2.75) is 20.8 Å². The number of rotatable bonds is 10. The third kappa shape index (κ3) is 9.85. The number of hydrogen-bond donors (Lipinski definition) is 0. The number of ketones is 1. The van der Waals surface area contributed by atoms with E-state index in [9.17, 15) is 4.79 Å². The molecule has 15 heavy (non-hydrogen) atoms. The molecule has 0 spiro atoms. The second kappa shape index (κ2) is 10.1. The average molecular weight is 217 g/mol. The standard InChI is InChI=1S/C11H23NO3/c1-4-14-8-6-12(10-11(3)13)7-9-15-5-2/h4-10H2,1-3H3. The number of carbonyl (C=O) groups excluding carboxylic acids is 1. The van der Waals surface area contributed by atoms with Gasteiger partial charge in [-0.2, -0.15) is 0 Å². The van der Waals surface area contributed by atoms with Gasteiger partial charge < -0.3 is 9.47 Å². The van der Waals surface area contributed by atoms with Crippen molar-refractivity contribution >= 4 is 5.78 Å². The number of nitrogens with zero attached hydrogens (tertiary/aromatic N) is 1. The lowest BCUT2D eigenvalue weighted by Gasteiger charge is -2.20. The summed E-state index contributed by atoms with van der Waals surface area (Å²) in [4.78, 5) is 13.1. The van der Waals surface area contributed by atoms with Crippen LogP contribution in [-0.2, 0) is 14.3 Å². The highest BCUT2D eigenvalue weighted by atomic mass is 16.5. The molecule has 0 rings (SSSR count). The Kier molecular flexibility index (Phi) is 9.78. The van der Waals surface area contributed by atoms with Gasteiger partial charge in [-0.05, 0) is 20.8 Å². The van der Waals surface area contributed by atoms with Gasteiger partial charge in [-0.1, -0.05) is 0 Å². The fraction of sp³-hybridized carbons (Fsp3) is 0.909. The van der Waals surface area contributed by atoms with Crippen LogP contribution in [0.25, 0.3) is 0 Å². The minimum absolute atomic E-state index is 0.183. The summed E-state index contributed by atoms with van der Waals surface area (Å²) in [5.41, 5.74) is 0. The number of carbonyl (C=O) groups is 1. The first-order valence-electron chi connectivity index (χ1n) is 5.58. The second-order valence-electron chi connectivity index (χ2n) is 3.37. The third-order valence-electron chi connectivity index (χ3n) is 1.96. The molecule has 0 heterocycles. The van der Waals surface area contributed by atoms with E-state index in [1.807, 2.05) is 13.8 Å². The molecule has 0 saturated carbocycles. The predicted molar refractivity (Wildman–Crippen MR) is 60.1 cm³/mol. The first kappa shape index (κ1) is 14.6. The van der Waals surface area contributed by atoms with E-state index in [-0.39, 0.29) is 5.78 Å². The van der Waals surface area contributed by atoms with Crippen LogP contribution in [0.4, 0.5) is 0 Å². The van der Waals surface area contributed by atoms with Gasteiger partial charge in [-0.15, -0.1) is 0 Å². The van der Waals surface area contributed by atoms with E-state index in [2.05, 4.69) is 4.90 Å². The van der Waals surface area contributed by atoms with Crippen molar-refractivity contribution in [2.75, 3.05) is 46.1 Å². The zero-order chi connectivity index (χ0) is 11.5. The molecule has 0 fully saturated rings. The summed E-state index contributed by atoms with van der Waals surface area (Å²) in [6, 6.07) is 0. The molecule has 0 aromatic rings. The molecule has 0 radical (unpaired) electrons. The van der Waals surface area contributed by atoms with E-state index in [0.717, 1.165) is 26.3 Å². The van der Waals surface area contributed by atoms with Crippen LogP contribution in [0.2, 0.25) is 0 Å². The lowest BCUT2D eigenvalue weighted by Crippen LogP contribution is -2.34. The summed E-state index contributed by atoms with van der Waals surface area (Å²) in [7, 11) is 0. The van der Waals surface area contributed by atoms with Gasteiger partial charge >= 0.3 is 0 Å². The molecule has 90 valence electrons. The average Bonchev–Trinajstić information content (AvgIpc) is 2.17. The molecule has 0 bridgehead atoms. The van der Waals surface area contributed by atoms with E-state index in [1.165, 1.54) is 0 Å². The molecule has 0 amide bonds. The predicted octanol–water partition coefficient (Wildman–Crippen LogP) is 0.950. The summed E-state index contributed by atoms with van der Waals surface area (Å²) < 4.78 is 10.5. The Bertz CT molecular complexity index is 152. The maximum Gasteiger partial charge on any atom is 0.143 e. The van der Waals surface area contributed by atoms with Crippen LogP contribution < -0.4 is 0 Å². The molecule has 0 aliphatic rings. The lowest BCUT2D eigenvalue weighted by molar-refractivity contribution is -0.118. The Labute approximate surface area is 92.5 Å². The first-order chi connectivity index (χ1) is 7.20. The minimum Gasteiger partial charge on any atom is -0.380 e. The SMILES string of the molecule is CCOCCN(CCOCC)CC(C)=O. The van der Waals surface area contributed by atoms with Crippen LogP contribution in [0.3, 0.4) is 0 Å². The van der Waals surface area contributed by atoms with Crippen molar-refractivity contribution in [3.05, 3.63) is 0 Å². The number of Topliss-reactive ketones (excluding diaryl/α,β-unsaturated/α-hetero) is 1. The molecule has 0 aromatic heterocycles. The van der Waals surface area contributed by atoms with Gasteiger partial charge in [0, 0.05) is 26.3 Å². The van der Waals surface area contributed by atoms with Crippen LogP contribution in [0, 0.1) is 0 Å². The van der Waals surface area contributed by atoms with Gasteiger partial charge in [-0.3, -0.25) is 9.69 Å². The smallest absolute Gasteiger partial charge is 0.143 e. The molecule has 0 unspecified atom stereocenters. The highest BCUT2D eigenvalue weighted by Crippen LogP contribution is 1.90. The zero-order valence-electron chi connectivity index (χ0n) is 10.1. The molecule has 4 heteroatoms. The van der Waals surface area contributed by atoms with Gasteiger partial charge in [0.1, 0.15) is 5.78 Å². The highest BCUT2D eigenvalue weighted by Gasteiger charge is 2.06. The van der Waals surface area contributed by atoms with Gasteiger partial charge in [-0.25, -0.2) is 0 Å². The van der Waals surface area contributed by atoms with Crippen LogP contribution in [0.1, 0.15) is 20.8 Å². The third-order valence-corrected chi connectivity index (χ3v) is 1.96. The lowest BCUT2D eigenvalue weighted by atomic mass is 10.4. The van der Waals surface area contributed by atoms with Crippen LogP contribution >= 0.6 is 0 Å². The zero-order valence-corrected chi connectivity index (χ0v) is 10.1. The van der Waals surface area contributed by atoms with Gasteiger partial charge in [0.2, 0.25) is 0 Å². The minimum atomic E-state index is 0.183. The molecule has 0 aliphatic heterocycles. The Hall–Kier alpha value is -0.450. The topological polar surface area (TPSA) is 38.8 Å². The largest absolute Gasteiger partial charge is 0.380 e. The van der Waals surface area contributed by atoms with E-state index in [0.29, 0.717) is 19.8 Å². The summed E-state index contributed by atoms with van der Waals surface area (Å²) >= 11 is 0. The number of ether oxygens (including phenoxy) is 2. The highest BCUT2D eigenvalue weighted by molar-refractivity contribution is 5.77. The van der Waals surface area contributed by atoms with Crippen molar-refractivity contribution in [1.29, 1.82) is 0 Å². The molecular formula is C11H23NO3. The molecule has 4 nitrogen and oxygen atoms in total. The quantitative estimate of drug-likeness (QED) is 0.511. The molecular weight excluding hydrogens is 194 g/mol. The fourth-order valence-electron chi connectivity index (χ4n) is 1.26. The summed E-state index contributed by atoms with van der Waals surface area (Å²) in [5, 5.41) is 0. The van der Waals surface area contributed by atoms with Crippen molar-refractivity contribution in [3.8, 4) is 0 Å². The molecule has 0 saturated heterocycles. The van der Waals surface area contributed by atoms with Crippen LogP contribution in [0.15, 0.2) is 0 Å². The van der Waals surface area contributed by atoms with Gasteiger partial charge in [0.15, 0.2) is 0 Å². The molecule has 0 N–H and O–H groups in total. The normalized spacial score (nSPS) is 10.9. The maximum atomic E-state index is 11.0. The molecule has 0 aliphatic carbocycles. The maximum absolute atomic E-state index is 11.0. The van der Waals surface area contributed by atoms with Crippen molar-refractivity contribution in [3.63, 3.8) is 0 Å². The van der Waals surface area contributed by atoms with Gasteiger partial charge in [0.05, 0.1) is 19.8 Å². The van der Waals surface area contributed by atoms with E-state index < -0.39 is 0 Å². The van der Waals surface area contributed by atoms with Crippen molar-refractivity contribution < 1.29 is 14.3 Å². The van der Waals surface area contributed by atoms with Crippen LogP contribution in [0.5, 0.6) is 0 Å². The number of hydrogen-bond acceptors (Lipinski definition) is 4. The Balaban J connectivity index is 3.68. The Morgan fingerprint density at radius 3 is 1.87 bits per heavy atom. The van der Waals surface area contributed by atoms with E-state index >= 15 is 0 Å². The molecule has 0 aromatic carbocycles. The Morgan fingerprint density at radius 2 is 1.53 bits per heavy atom.